The van der Waals surface area contributed by atoms with Crippen LogP contribution in [0, 0.1) is 0 Å². The molecular weight excluding hydrogens is 323 g/mol. The Labute approximate surface area is 137 Å². The van der Waals surface area contributed by atoms with Crippen molar-refractivity contribution in [1.82, 2.24) is 0 Å². The Kier molecular flexibility index (Phi) is 5.46. The molecule has 0 atom stereocenters. The Balaban J connectivity index is 2.37. The highest BCUT2D eigenvalue weighted by Gasteiger charge is 2.34. The van der Waals surface area contributed by atoms with Crippen LogP contribution in [0.1, 0.15) is 21.5 Å². The van der Waals surface area contributed by atoms with Crippen LogP contribution in [0.4, 0.5) is 18.9 Å². The average Bonchev–Trinajstić information content (AvgIpc) is 2.55. The molecule has 0 spiro atoms. The number of carbonyl (C=O) groups is 1. The minimum atomic E-state index is -4.61. The van der Waals surface area contributed by atoms with Crippen molar-refractivity contribution in [3.63, 3.8) is 0 Å². The van der Waals surface area contributed by atoms with E-state index in [-0.39, 0.29) is 6.61 Å². The van der Waals surface area contributed by atoms with Crippen LogP contribution in [0.3, 0.4) is 0 Å². The lowest BCUT2D eigenvalue weighted by atomic mass is 10.1. The Bertz CT molecular complexity index is 729. The lowest BCUT2D eigenvalue weighted by molar-refractivity contribution is -0.137. The summed E-state index contributed by atoms with van der Waals surface area (Å²) < 4.78 is 49.3. The number of benzene rings is 2. The molecule has 0 aromatic heterocycles. The molecule has 0 radical (unpaired) electrons. The summed E-state index contributed by atoms with van der Waals surface area (Å²) in [6, 6.07) is 9.50. The van der Waals surface area contributed by atoms with Gasteiger partial charge in [0.15, 0.2) is 0 Å². The molecular formula is C17H16F3NO3. The third-order valence-electron chi connectivity index (χ3n) is 3.34. The summed E-state index contributed by atoms with van der Waals surface area (Å²) >= 11 is 0. The van der Waals surface area contributed by atoms with E-state index in [1.54, 1.807) is 12.1 Å². The van der Waals surface area contributed by atoms with Crippen molar-refractivity contribution < 1.29 is 27.4 Å². The fourth-order valence-corrected chi connectivity index (χ4v) is 2.20. The van der Waals surface area contributed by atoms with E-state index in [0.717, 1.165) is 12.1 Å². The van der Waals surface area contributed by atoms with Gasteiger partial charge in [0.1, 0.15) is 5.75 Å². The highest BCUT2D eigenvalue weighted by Crippen LogP contribution is 2.32. The zero-order valence-electron chi connectivity index (χ0n) is 13.1. The predicted molar refractivity (Wildman–Crippen MR) is 83.1 cm³/mol. The minimum absolute atomic E-state index is 0.195. The molecule has 0 saturated heterocycles. The van der Waals surface area contributed by atoms with Crippen LogP contribution < -0.4 is 10.1 Å². The van der Waals surface area contributed by atoms with Gasteiger partial charge in [0.2, 0.25) is 0 Å². The molecule has 0 unspecified atom stereocenters. The number of anilines is 1. The van der Waals surface area contributed by atoms with E-state index in [4.69, 9.17) is 9.47 Å². The second kappa shape index (κ2) is 7.35. The molecule has 24 heavy (non-hydrogen) atoms. The van der Waals surface area contributed by atoms with Gasteiger partial charge in [-0.1, -0.05) is 18.2 Å². The van der Waals surface area contributed by atoms with Gasteiger partial charge in [0.05, 0.1) is 30.5 Å². The first kappa shape index (κ1) is 17.8. The molecule has 0 aliphatic heterocycles. The summed E-state index contributed by atoms with van der Waals surface area (Å²) in [6.45, 7) is 0.195. The van der Waals surface area contributed by atoms with Gasteiger partial charge in [-0.3, -0.25) is 4.79 Å². The molecule has 0 aliphatic carbocycles. The Hall–Kier alpha value is -2.54. The van der Waals surface area contributed by atoms with Gasteiger partial charge < -0.3 is 14.8 Å². The van der Waals surface area contributed by atoms with Crippen LogP contribution in [0.5, 0.6) is 5.75 Å². The fraction of sp³-hybridized carbons (Fsp3) is 0.235. The second-order valence-corrected chi connectivity index (χ2v) is 4.95. The highest BCUT2D eigenvalue weighted by atomic mass is 19.4. The molecule has 0 bridgehead atoms. The summed E-state index contributed by atoms with van der Waals surface area (Å²) in [6.07, 6.45) is -4.61. The maximum atomic E-state index is 13.0. The van der Waals surface area contributed by atoms with Gasteiger partial charge in [0.25, 0.3) is 5.91 Å². The van der Waals surface area contributed by atoms with Crippen molar-refractivity contribution in [2.45, 2.75) is 12.8 Å². The van der Waals surface area contributed by atoms with E-state index in [0.29, 0.717) is 17.0 Å². The SMILES string of the molecule is COCc1ccc(OC)cc1NC(=O)c1ccccc1C(F)(F)F. The topological polar surface area (TPSA) is 47.6 Å². The van der Waals surface area contributed by atoms with Crippen molar-refractivity contribution in [1.29, 1.82) is 0 Å². The molecule has 0 saturated carbocycles. The molecule has 2 aromatic carbocycles. The van der Waals surface area contributed by atoms with Crippen molar-refractivity contribution in [2.24, 2.45) is 0 Å². The number of hydrogen-bond acceptors (Lipinski definition) is 3. The molecule has 0 fully saturated rings. The quantitative estimate of drug-likeness (QED) is 0.892. The Morgan fingerprint density at radius 2 is 1.83 bits per heavy atom. The Morgan fingerprint density at radius 1 is 1.12 bits per heavy atom. The lowest BCUT2D eigenvalue weighted by Gasteiger charge is -2.15. The summed E-state index contributed by atoms with van der Waals surface area (Å²) in [5.74, 6) is -0.386. The summed E-state index contributed by atoms with van der Waals surface area (Å²) in [5.41, 5.74) is -0.482. The van der Waals surface area contributed by atoms with E-state index >= 15 is 0 Å². The number of halogens is 3. The van der Waals surface area contributed by atoms with E-state index in [2.05, 4.69) is 5.32 Å². The van der Waals surface area contributed by atoms with E-state index in [9.17, 15) is 18.0 Å². The van der Waals surface area contributed by atoms with Gasteiger partial charge in [-0.2, -0.15) is 13.2 Å². The normalized spacial score (nSPS) is 11.2. The number of hydrogen-bond donors (Lipinski definition) is 1. The van der Waals surface area contributed by atoms with Crippen LogP contribution in [-0.2, 0) is 17.5 Å². The monoisotopic (exact) mass is 339 g/mol. The van der Waals surface area contributed by atoms with Crippen LogP contribution >= 0.6 is 0 Å². The van der Waals surface area contributed by atoms with Gasteiger partial charge >= 0.3 is 6.18 Å². The molecule has 0 heterocycles. The first-order valence-electron chi connectivity index (χ1n) is 7.00. The summed E-state index contributed by atoms with van der Waals surface area (Å²) in [4.78, 5) is 12.3. The highest BCUT2D eigenvalue weighted by molar-refractivity contribution is 6.05. The van der Waals surface area contributed by atoms with Gasteiger partial charge in [-0.05, 0) is 18.2 Å². The van der Waals surface area contributed by atoms with Crippen LogP contribution in [0.2, 0.25) is 0 Å². The average molecular weight is 339 g/mol. The molecule has 1 amide bonds. The number of alkyl halides is 3. The van der Waals surface area contributed by atoms with Gasteiger partial charge in [0, 0.05) is 18.7 Å². The number of methoxy groups -OCH3 is 2. The standard InChI is InChI=1S/C17H16F3NO3/c1-23-10-11-7-8-12(24-2)9-15(11)21-16(22)13-5-3-4-6-14(13)17(18,19)20/h3-9H,10H2,1-2H3,(H,21,22). The number of amides is 1. The fourth-order valence-electron chi connectivity index (χ4n) is 2.20. The maximum absolute atomic E-state index is 13.0. The zero-order chi connectivity index (χ0) is 17.7. The number of carbonyl (C=O) groups excluding carboxylic acids is 1. The number of ether oxygens (including phenoxy) is 2. The molecule has 0 aliphatic rings. The number of nitrogens with one attached hydrogen (secondary N) is 1. The molecule has 7 heteroatoms. The molecule has 2 aromatic rings. The second-order valence-electron chi connectivity index (χ2n) is 4.95. The largest absolute Gasteiger partial charge is 0.497 e. The van der Waals surface area contributed by atoms with Crippen molar-refractivity contribution in [3.05, 3.63) is 59.2 Å². The smallest absolute Gasteiger partial charge is 0.417 e. The first-order valence-corrected chi connectivity index (χ1v) is 7.00. The van der Waals surface area contributed by atoms with E-state index < -0.39 is 23.2 Å². The van der Waals surface area contributed by atoms with Crippen LogP contribution in [-0.4, -0.2) is 20.1 Å². The van der Waals surface area contributed by atoms with Crippen LogP contribution in [0.15, 0.2) is 42.5 Å². The predicted octanol–water partition coefficient (Wildman–Crippen LogP) is 4.11. The van der Waals surface area contributed by atoms with Gasteiger partial charge in [-0.15, -0.1) is 0 Å². The van der Waals surface area contributed by atoms with Crippen molar-refractivity contribution in [2.75, 3.05) is 19.5 Å². The van der Waals surface area contributed by atoms with E-state index in [1.807, 2.05) is 0 Å². The van der Waals surface area contributed by atoms with Crippen LogP contribution in [0.25, 0.3) is 0 Å². The Morgan fingerprint density at radius 3 is 2.46 bits per heavy atom. The molecule has 2 rings (SSSR count). The minimum Gasteiger partial charge on any atom is -0.497 e. The lowest BCUT2D eigenvalue weighted by Crippen LogP contribution is -2.19. The molecule has 1 N–H and O–H groups in total. The van der Waals surface area contributed by atoms with Gasteiger partial charge in [-0.25, -0.2) is 0 Å². The summed E-state index contributed by atoms with van der Waals surface area (Å²) in [7, 11) is 2.94. The first-order chi connectivity index (χ1) is 11.4. The third kappa shape index (κ3) is 4.05. The summed E-state index contributed by atoms with van der Waals surface area (Å²) in [5, 5.41) is 2.50. The number of rotatable bonds is 5. The maximum Gasteiger partial charge on any atom is 0.417 e. The van der Waals surface area contributed by atoms with Crippen molar-refractivity contribution >= 4 is 11.6 Å². The molecule has 128 valence electrons. The van der Waals surface area contributed by atoms with Crippen molar-refractivity contribution in [3.8, 4) is 5.75 Å². The molecule has 4 nitrogen and oxygen atoms in total. The zero-order valence-corrected chi connectivity index (χ0v) is 13.1. The van der Waals surface area contributed by atoms with E-state index in [1.165, 1.54) is 32.4 Å². The third-order valence-corrected chi connectivity index (χ3v) is 3.34.